The molecule has 2 aromatic carbocycles. The SMILES string of the molecule is CC(C)=C[C@@H]1[C@@H](C(=O)OCc2coc(Cc3ccccc3)c2)C1(C)C.CCOCn1c(-c2ccc(Cl)cc2)c(C#N)c(Br)c1C(F)(F)F. The van der Waals surface area contributed by atoms with Gasteiger partial charge in [-0.05, 0) is 77.4 Å². The normalized spacial score (nSPS) is 16.4. The number of alkyl halides is 3. The van der Waals surface area contributed by atoms with Gasteiger partial charge < -0.3 is 18.5 Å². The molecule has 0 N–H and O–H groups in total. The topological polar surface area (TPSA) is 77.4 Å². The van der Waals surface area contributed by atoms with Crippen molar-refractivity contribution in [2.75, 3.05) is 6.61 Å². The number of hydrogen-bond donors (Lipinski definition) is 0. The maximum absolute atomic E-state index is 13.4. The van der Waals surface area contributed by atoms with Gasteiger partial charge in [-0.1, -0.05) is 79.6 Å². The lowest BCUT2D eigenvalue weighted by Gasteiger charge is -2.15. The third kappa shape index (κ3) is 8.81. The zero-order valence-corrected chi connectivity index (χ0v) is 29.7. The number of rotatable bonds is 10. The van der Waals surface area contributed by atoms with E-state index in [1.807, 2.05) is 30.3 Å². The monoisotopic (exact) mass is 744 g/mol. The van der Waals surface area contributed by atoms with Crippen LogP contribution in [0, 0.1) is 28.6 Å². The second-order valence-corrected chi connectivity index (χ2v) is 13.5. The number of nitriles is 1. The number of hydrogen-bond acceptors (Lipinski definition) is 5. The molecule has 0 saturated heterocycles. The van der Waals surface area contributed by atoms with Gasteiger partial charge in [-0.3, -0.25) is 4.79 Å². The zero-order valence-electron chi connectivity index (χ0n) is 27.3. The minimum absolute atomic E-state index is 0.0107. The first-order chi connectivity index (χ1) is 22.7. The number of carbonyl (C=O) groups excluding carboxylic acids is 1. The molecule has 0 unspecified atom stereocenters. The fourth-order valence-corrected chi connectivity index (χ4v) is 6.46. The first-order valence-electron chi connectivity index (χ1n) is 15.3. The molecule has 1 fully saturated rings. The van der Waals surface area contributed by atoms with Crippen molar-refractivity contribution in [2.45, 2.75) is 60.6 Å². The molecule has 0 bridgehead atoms. The van der Waals surface area contributed by atoms with Crippen LogP contribution in [0.5, 0.6) is 0 Å². The van der Waals surface area contributed by atoms with Crippen molar-refractivity contribution in [3.05, 3.63) is 116 Å². The number of allylic oxidation sites excluding steroid dienone is 2. The molecule has 1 aliphatic carbocycles. The highest BCUT2D eigenvalue weighted by Gasteiger charge is 2.61. The van der Waals surface area contributed by atoms with Crippen LogP contribution in [0.1, 0.15) is 62.8 Å². The molecule has 48 heavy (non-hydrogen) atoms. The average Bonchev–Trinajstić information content (AvgIpc) is 3.29. The van der Waals surface area contributed by atoms with E-state index in [4.69, 9.17) is 25.5 Å². The molecule has 2 heterocycles. The Labute approximate surface area is 292 Å². The summed E-state index contributed by atoms with van der Waals surface area (Å²) in [6.07, 6.45) is -0.0296. The van der Waals surface area contributed by atoms with Gasteiger partial charge in [0.15, 0.2) is 0 Å². The molecule has 2 atom stereocenters. The second kappa shape index (κ2) is 15.6. The molecule has 254 valence electrons. The summed E-state index contributed by atoms with van der Waals surface area (Å²) in [6.45, 7) is 10.3. The van der Waals surface area contributed by atoms with E-state index >= 15 is 0 Å². The summed E-state index contributed by atoms with van der Waals surface area (Å²) >= 11 is 8.73. The fourth-order valence-electron chi connectivity index (χ4n) is 5.62. The van der Waals surface area contributed by atoms with E-state index in [1.54, 1.807) is 37.5 Å². The van der Waals surface area contributed by atoms with Crippen LogP contribution >= 0.6 is 27.5 Å². The summed E-state index contributed by atoms with van der Waals surface area (Å²) in [6, 6.07) is 20.2. The molecular formula is C37H37BrClF3N2O4. The smallest absolute Gasteiger partial charge is 0.432 e. The Kier molecular flexibility index (Phi) is 12.1. The van der Waals surface area contributed by atoms with Gasteiger partial charge in [0.2, 0.25) is 0 Å². The first kappa shape index (κ1) is 37.0. The van der Waals surface area contributed by atoms with E-state index in [-0.39, 0.29) is 58.9 Å². The number of nitrogens with zero attached hydrogens (tertiary/aromatic N) is 2. The van der Waals surface area contributed by atoms with Crippen LogP contribution in [0.3, 0.4) is 0 Å². The molecule has 4 aromatic rings. The number of benzene rings is 2. The summed E-state index contributed by atoms with van der Waals surface area (Å²) in [5.74, 6) is 1.01. The number of aromatic nitrogens is 1. The summed E-state index contributed by atoms with van der Waals surface area (Å²) in [4.78, 5) is 12.4. The highest BCUT2D eigenvalue weighted by Crippen LogP contribution is 2.59. The van der Waals surface area contributed by atoms with E-state index in [9.17, 15) is 23.2 Å². The predicted molar refractivity (Wildman–Crippen MR) is 182 cm³/mol. The van der Waals surface area contributed by atoms with Gasteiger partial charge in [0.05, 0.1) is 27.9 Å². The molecule has 1 saturated carbocycles. The fraction of sp³-hybridized carbons (Fsp3) is 0.351. The van der Waals surface area contributed by atoms with Crippen molar-refractivity contribution in [3.8, 4) is 17.3 Å². The zero-order chi connectivity index (χ0) is 35.2. The molecular weight excluding hydrogens is 709 g/mol. The molecule has 0 radical (unpaired) electrons. The van der Waals surface area contributed by atoms with Crippen molar-refractivity contribution in [1.29, 1.82) is 5.26 Å². The van der Waals surface area contributed by atoms with Gasteiger partial charge in [0, 0.05) is 23.6 Å². The Morgan fingerprint density at radius 1 is 1.12 bits per heavy atom. The highest BCUT2D eigenvalue weighted by molar-refractivity contribution is 9.10. The minimum atomic E-state index is -4.63. The molecule has 0 spiro atoms. The Morgan fingerprint density at radius 3 is 2.38 bits per heavy atom. The number of furan rings is 1. The van der Waals surface area contributed by atoms with Gasteiger partial charge in [-0.15, -0.1) is 0 Å². The highest BCUT2D eigenvalue weighted by atomic mass is 79.9. The second-order valence-electron chi connectivity index (χ2n) is 12.3. The van der Waals surface area contributed by atoms with Crippen molar-refractivity contribution >= 4 is 33.5 Å². The Hall–Kier alpha value is -3.78. The Bertz CT molecular complexity index is 1780. The summed E-state index contributed by atoms with van der Waals surface area (Å²) in [5.41, 5.74) is 2.86. The van der Waals surface area contributed by atoms with E-state index in [0.717, 1.165) is 22.3 Å². The molecule has 0 aliphatic heterocycles. The van der Waals surface area contributed by atoms with Crippen molar-refractivity contribution < 1.29 is 31.9 Å². The van der Waals surface area contributed by atoms with Crippen LogP contribution in [-0.4, -0.2) is 17.1 Å². The van der Waals surface area contributed by atoms with E-state index in [1.165, 1.54) is 11.1 Å². The molecule has 5 rings (SSSR count). The number of esters is 1. The van der Waals surface area contributed by atoms with Crippen molar-refractivity contribution in [3.63, 3.8) is 0 Å². The van der Waals surface area contributed by atoms with Gasteiger partial charge in [-0.2, -0.15) is 18.4 Å². The summed E-state index contributed by atoms with van der Waals surface area (Å²) in [5, 5.41) is 9.77. The predicted octanol–water partition coefficient (Wildman–Crippen LogP) is 10.6. The van der Waals surface area contributed by atoms with Crippen LogP contribution in [-0.2, 0) is 40.2 Å². The summed E-state index contributed by atoms with van der Waals surface area (Å²) in [7, 11) is 0. The van der Waals surface area contributed by atoms with Crippen LogP contribution < -0.4 is 0 Å². The third-order valence-electron chi connectivity index (χ3n) is 8.11. The lowest BCUT2D eigenvalue weighted by atomic mass is 10.1. The lowest BCUT2D eigenvalue weighted by molar-refractivity contribution is -0.148. The quantitative estimate of drug-likeness (QED) is 0.119. The molecule has 6 nitrogen and oxygen atoms in total. The third-order valence-corrected chi connectivity index (χ3v) is 9.14. The maximum atomic E-state index is 13.4. The molecule has 2 aromatic heterocycles. The van der Waals surface area contributed by atoms with Crippen LogP contribution in [0.25, 0.3) is 11.3 Å². The van der Waals surface area contributed by atoms with Crippen LogP contribution in [0.15, 0.2) is 87.5 Å². The average molecular weight is 746 g/mol. The standard InChI is InChI=1S/C22H26O3.C15H11BrClF3N2O/c1-15(2)10-19-20(22(19,3)4)21(23)25-14-17-12-18(24-13-17)11-16-8-6-5-7-9-16;1-2-23-8-22-13(9-3-5-10(17)6-4-9)11(7-21)12(16)14(22)15(18,19)20/h5-10,12-13,19-20H,11,14H2,1-4H3;3-6H,2,8H2,1H3/t19-,20+;/m1./s1. The van der Waals surface area contributed by atoms with Gasteiger partial charge >= 0.3 is 12.1 Å². The lowest BCUT2D eigenvalue weighted by Crippen LogP contribution is -2.16. The van der Waals surface area contributed by atoms with Gasteiger partial charge in [0.25, 0.3) is 0 Å². The molecule has 11 heteroatoms. The van der Waals surface area contributed by atoms with Gasteiger partial charge in [-0.25, -0.2) is 0 Å². The largest absolute Gasteiger partial charge is 0.469 e. The Morgan fingerprint density at radius 2 is 1.79 bits per heavy atom. The van der Waals surface area contributed by atoms with Gasteiger partial charge in [0.1, 0.15) is 30.9 Å². The van der Waals surface area contributed by atoms with Crippen molar-refractivity contribution in [2.24, 2.45) is 17.3 Å². The van der Waals surface area contributed by atoms with E-state index in [2.05, 4.69) is 61.8 Å². The maximum Gasteiger partial charge on any atom is 0.432 e. The number of ether oxygens (including phenoxy) is 2. The van der Waals surface area contributed by atoms with Crippen molar-refractivity contribution in [1.82, 2.24) is 4.57 Å². The number of carbonyl (C=O) groups is 1. The van der Waals surface area contributed by atoms with Crippen LogP contribution in [0.4, 0.5) is 13.2 Å². The first-order valence-corrected chi connectivity index (χ1v) is 16.5. The van der Waals surface area contributed by atoms with E-state index < -0.39 is 11.9 Å². The molecule has 1 aliphatic rings. The Balaban J connectivity index is 0.000000218. The number of halogens is 5. The van der Waals surface area contributed by atoms with Crippen LogP contribution in [0.2, 0.25) is 5.02 Å². The minimum Gasteiger partial charge on any atom is -0.469 e. The summed E-state index contributed by atoms with van der Waals surface area (Å²) < 4.78 is 57.2. The molecule has 0 amide bonds. The van der Waals surface area contributed by atoms with E-state index in [0.29, 0.717) is 10.6 Å².